The van der Waals surface area contributed by atoms with E-state index < -0.39 is 5.60 Å². The van der Waals surface area contributed by atoms with Gasteiger partial charge in [-0.25, -0.2) is 0 Å². The molecule has 0 aliphatic heterocycles. The standard InChI is InChI=1S/C15H24O/c1-11(2)15(16)9-8-13-7-5-6-12(3)14(13,4)10-15/h7,12,16H,1,5-6,8-10H2,2-4H3/t12-,14+,15+/m1/s1. The molecule has 3 atom stereocenters. The van der Waals surface area contributed by atoms with E-state index in [4.69, 9.17) is 0 Å². The van der Waals surface area contributed by atoms with E-state index in [0.29, 0.717) is 5.92 Å². The van der Waals surface area contributed by atoms with Crippen LogP contribution in [-0.2, 0) is 0 Å². The first-order valence-corrected chi connectivity index (χ1v) is 6.46. The molecule has 90 valence electrons. The zero-order valence-electron chi connectivity index (χ0n) is 10.8. The molecule has 2 aliphatic carbocycles. The van der Waals surface area contributed by atoms with Gasteiger partial charge in [-0.1, -0.05) is 32.1 Å². The van der Waals surface area contributed by atoms with E-state index >= 15 is 0 Å². The smallest absolute Gasteiger partial charge is 0.0862 e. The van der Waals surface area contributed by atoms with Crippen LogP contribution in [-0.4, -0.2) is 10.7 Å². The van der Waals surface area contributed by atoms with E-state index in [-0.39, 0.29) is 5.41 Å². The highest BCUT2D eigenvalue weighted by Gasteiger charge is 2.47. The van der Waals surface area contributed by atoms with Gasteiger partial charge in [0, 0.05) is 0 Å². The number of aliphatic hydroxyl groups is 1. The van der Waals surface area contributed by atoms with Gasteiger partial charge in [0.1, 0.15) is 0 Å². The Kier molecular flexibility index (Phi) is 2.78. The first kappa shape index (κ1) is 11.9. The molecule has 0 radical (unpaired) electrons. The summed E-state index contributed by atoms with van der Waals surface area (Å²) in [6.45, 7) is 10.6. The van der Waals surface area contributed by atoms with Gasteiger partial charge in [0.2, 0.25) is 0 Å². The van der Waals surface area contributed by atoms with Crippen molar-refractivity contribution in [3.05, 3.63) is 23.8 Å². The highest BCUT2D eigenvalue weighted by atomic mass is 16.3. The van der Waals surface area contributed by atoms with Gasteiger partial charge in [-0.05, 0) is 55.9 Å². The molecular weight excluding hydrogens is 196 g/mol. The Morgan fingerprint density at radius 2 is 2.25 bits per heavy atom. The maximum atomic E-state index is 10.6. The number of hydrogen-bond donors (Lipinski definition) is 1. The van der Waals surface area contributed by atoms with Crippen molar-refractivity contribution in [1.29, 1.82) is 0 Å². The highest BCUT2D eigenvalue weighted by molar-refractivity contribution is 5.27. The van der Waals surface area contributed by atoms with Crippen molar-refractivity contribution in [2.45, 2.75) is 58.5 Å². The Bertz CT molecular complexity index is 341. The molecule has 1 fully saturated rings. The molecule has 0 aromatic rings. The van der Waals surface area contributed by atoms with Crippen LogP contribution >= 0.6 is 0 Å². The third-order valence-electron chi connectivity index (χ3n) is 5.07. The topological polar surface area (TPSA) is 20.2 Å². The molecule has 0 heterocycles. The van der Waals surface area contributed by atoms with Crippen LogP contribution in [0.5, 0.6) is 0 Å². The monoisotopic (exact) mass is 220 g/mol. The fourth-order valence-corrected chi connectivity index (χ4v) is 3.45. The SMILES string of the molecule is C=C(C)[C@]1(O)CCC2=CCC[C@@H](C)[C@]2(C)C1. The van der Waals surface area contributed by atoms with Crippen molar-refractivity contribution in [1.82, 2.24) is 0 Å². The molecule has 2 rings (SSSR count). The van der Waals surface area contributed by atoms with Crippen molar-refractivity contribution in [3.63, 3.8) is 0 Å². The molecule has 0 unspecified atom stereocenters. The van der Waals surface area contributed by atoms with Crippen LogP contribution in [0.1, 0.15) is 52.9 Å². The lowest BCUT2D eigenvalue weighted by molar-refractivity contribution is -0.0118. The summed E-state index contributed by atoms with van der Waals surface area (Å²) in [5.41, 5.74) is 2.09. The van der Waals surface area contributed by atoms with E-state index in [1.807, 2.05) is 6.92 Å². The van der Waals surface area contributed by atoms with E-state index in [2.05, 4.69) is 26.5 Å². The molecule has 0 bridgehead atoms. The molecule has 0 saturated heterocycles. The van der Waals surface area contributed by atoms with Crippen molar-refractivity contribution < 1.29 is 5.11 Å². The van der Waals surface area contributed by atoms with Crippen molar-refractivity contribution in [2.75, 3.05) is 0 Å². The number of hydrogen-bond acceptors (Lipinski definition) is 1. The average molecular weight is 220 g/mol. The highest BCUT2D eigenvalue weighted by Crippen LogP contribution is 2.54. The molecule has 0 amide bonds. The number of allylic oxidation sites excluding steroid dienone is 2. The minimum Gasteiger partial charge on any atom is -0.385 e. The molecule has 0 spiro atoms. The molecule has 0 aromatic heterocycles. The second-order valence-electron chi connectivity index (χ2n) is 6.11. The fourth-order valence-electron chi connectivity index (χ4n) is 3.45. The summed E-state index contributed by atoms with van der Waals surface area (Å²) >= 11 is 0. The Balaban J connectivity index is 2.33. The van der Waals surface area contributed by atoms with Gasteiger partial charge in [0.15, 0.2) is 0 Å². The second kappa shape index (κ2) is 3.73. The maximum Gasteiger partial charge on any atom is 0.0862 e. The van der Waals surface area contributed by atoms with Crippen LogP contribution in [0.15, 0.2) is 23.8 Å². The molecule has 1 N–H and O–H groups in total. The molecule has 1 heteroatoms. The Morgan fingerprint density at radius 3 is 2.88 bits per heavy atom. The molecule has 2 aliphatic rings. The van der Waals surface area contributed by atoms with Crippen molar-refractivity contribution >= 4 is 0 Å². The van der Waals surface area contributed by atoms with Gasteiger partial charge in [-0.3, -0.25) is 0 Å². The maximum absolute atomic E-state index is 10.6. The van der Waals surface area contributed by atoms with E-state index in [1.165, 1.54) is 12.8 Å². The first-order valence-electron chi connectivity index (χ1n) is 6.46. The van der Waals surface area contributed by atoms with Crippen LogP contribution in [0.25, 0.3) is 0 Å². The van der Waals surface area contributed by atoms with Crippen LogP contribution < -0.4 is 0 Å². The summed E-state index contributed by atoms with van der Waals surface area (Å²) in [7, 11) is 0. The lowest BCUT2D eigenvalue weighted by Gasteiger charge is -2.50. The summed E-state index contributed by atoms with van der Waals surface area (Å²) in [6.07, 6.45) is 7.66. The molecule has 0 aromatic carbocycles. The lowest BCUT2D eigenvalue weighted by Crippen LogP contribution is -2.46. The third kappa shape index (κ3) is 1.66. The summed E-state index contributed by atoms with van der Waals surface area (Å²) < 4.78 is 0. The minimum absolute atomic E-state index is 0.199. The minimum atomic E-state index is -0.627. The van der Waals surface area contributed by atoms with Crippen LogP contribution in [0, 0.1) is 11.3 Å². The molecule has 16 heavy (non-hydrogen) atoms. The average Bonchev–Trinajstić information content (AvgIpc) is 2.20. The fraction of sp³-hybridized carbons (Fsp3) is 0.733. The van der Waals surface area contributed by atoms with Crippen LogP contribution in [0.3, 0.4) is 0 Å². The van der Waals surface area contributed by atoms with Crippen LogP contribution in [0.4, 0.5) is 0 Å². The van der Waals surface area contributed by atoms with Crippen molar-refractivity contribution in [3.8, 4) is 0 Å². The largest absolute Gasteiger partial charge is 0.385 e. The third-order valence-corrected chi connectivity index (χ3v) is 5.07. The summed E-state index contributed by atoms with van der Waals surface area (Å²) in [4.78, 5) is 0. The number of fused-ring (bicyclic) bond motifs is 1. The molecular formula is C15H24O. The quantitative estimate of drug-likeness (QED) is 0.666. The van der Waals surface area contributed by atoms with Gasteiger partial charge >= 0.3 is 0 Å². The van der Waals surface area contributed by atoms with Gasteiger partial charge in [0.05, 0.1) is 5.60 Å². The van der Waals surface area contributed by atoms with E-state index in [1.54, 1.807) is 5.57 Å². The van der Waals surface area contributed by atoms with Crippen molar-refractivity contribution in [2.24, 2.45) is 11.3 Å². The Morgan fingerprint density at radius 1 is 1.56 bits per heavy atom. The second-order valence-corrected chi connectivity index (χ2v) is 6.11. The lowest BCUT2D eigenvalue weighted by atomic mass is 9.56. The zero-order chi connectivity index (χ0) is 12.0. The first-order chi connectivity index (χ1) is 7.38. The van der Waals surface area contributed by atoms with Gasteiger partial charge in [-0.2, -0.15) is 0 Å². The Hall–Kier alpha value is -0.560. The molecule has 1 nitrogen and oxygen atoms in total. The van der Waals surface area contributed by atoms with Crippen LogP contribution in [0.2, 0.25) is 0 Å². The van der Waals surface area contributed by atoms with E-state index in [0.717, 1.165) is 24.8 Å². The predicted molar refractivity (Wildman–Crippen MR) is 68.2 cm³/mol. The predicted octanol–water partition coefficient (Wildman–Crippen LogP) is 3.84. The zero-order valence-corrected chi connectivity index (χ0v) is 10.8. The Labute approximate surface area is 99.3 Å². The van der Waals surface area contributed by atoms with Gasteiger partial charge in [0.25, 0.3) is 0 Å². The normalized spacial score (nSPS) is 43.5. The summed E-state index contributed by atoms with van der Waals surface area (Å²) in [6, 6.07) is 0. The number of rotatable bonds is 1. The van der Waals surface area contributed by atoms with Gasteiger partial charge in [-0.15, -0.1) is 0 Å². The molecule has 1 saturated carbocycles. The van der Waals surface area contributed by atoms with Gasteiger partial charge < -0.3 is 5.11 Å². The summed E-state index contributed by atoms with van der Waals surface area (Å²) in [5, 5.41) is 10.6. The van der Waals surface area contributed by atoms with E-state index in [9.17, 15) is 5.11 Å². The summed E-state index contributed by atoms with van der Waals surface area (Å²) in [5.74, 6) is 0.679.